The molecule has 1 aliphatic carbocycles. The molecule has 0 heterocycles. The Hall–Kier alpha value is -0.0400. The number of aliphatic hydroxyl groups is 1. The minimum Gasteiger partial charge on any atom is -0.390 e. The average Bonchev–Trinajstić information content (AvgIpc) is 2.33. The lowest BCUT2D eigenvalue weighted by molar-refractivity contribution is -0.00188. The van der Waals surface area contributed by atoms with Crippen molar-refractivity contribution in [3.8, 4) is 0 Å². The van der Waals surface area contributed by atoms with Gasteiger partial charge in [-0.3, -0.25) is 0 Å². The van der Waals surface area contributed by atoms with E-state index < -0.39 is 0 Å². The summed E-state index contributed by atoms with van der Waals surface area (Å²) < 4.78 is 0. The molecule has 0 bridgehead atoms. The summed E-state index contributed by atoms with van der Waals surface area (Å²) in [7, 11) is 0. The molecule has 1 heteroatoms. The minimum atomic E-state index is -0.333. The Kier molecular flexibility index (Phi) is 2.58. The van der Waals surface area contributed by atoms with Crippen LogP contribution in [-0.4, -0.2) is 10.7 Å². The van der Waals surface area contributed by atoms with E-state index in [4.69, 9.17) is 0 Å². The monoisotopic (exact) mass is 156 g/mol. The van der Waals surface area contributed by atoms with E-state index in [1.807, 2.05) is 0 Å². The minimum absolute atomic E-state index is 0.333. The molecule has 1 N–H and O–H groups in total. The molecule has 2 atom stereocenters. The highest BCUT2D eigenvalue weighted by molar-refractivity contribution is 4.90. The van der Waals surface area contributed by atoms with E-state index in [-0.39, 0.29) is 5.60 Å². The number of hydrogen-bond acceptors (Lipinski definition) is 1. The molecule has 0 saturated heterocycles. The van der Waals surface area contributed by atoms with Gasteiger partial charge < -0.3 is 5.11 Å². The van der Waals surface area contributed by atoms with Gasteiger partial charge in [0.25, 0.3) is 0 Å². The van der Waals surface area contributed by atoms with Gasteiger partial charge in [-0.1, -0.05) is 27.2 Å². The first-order valence-electron chi connectivity index (χ1n) is 4.81. The van der Waals surface area contributed by atoms with E-state index in [1.54, 1.807) is 0 Å². The molecule has 11 heavy (non-hydrogen) atoms. The van der Waals surface area contributed by atoms with Gasteiger partial charge in [0.15, 0.2) is 0 Å². The highest BCUT2D eigenvalue weighted by Crippen LogP contribution is 2.40. The Labute approximate surface area is 69.8 Å². The largest absolute Gasteiger partial charge is 0.390 e. The molecule has 66 valence electrons. The standard InChI is InChI=1S/C10H20O/c1-4-9-5-6-10(11,7-9)8(2)3/h8-9,11H,4-7H2,1-3H3. The van der Waals surface area contributed by atoms with Gasteiger partial charge in [0, 0.05) is 0 Å². The van der Waals surface area contributed by atoms with Crippen LogP contribution in [0.15, 0.2) is 0 Å². The van der Waals surface area contributed by atoms with E-state index in [9.17, 15) is 5.11 Å². The van der Waals surface area contributed by atoms with E-state index in [0.29, 0.717) is 5.92 Å². The van der Waals surface area contributed by atoms with Gasteiger partial charge in [0.05, 0.1) is 5.60 Å². The van der Waals surface area contributed by atoms with Gasteiger partial charge in [0.2, 0.25) is 0 Å². The number of rotatable bonds is 2. The van der Waals surface area contributed by atoms with Crippen molar-refractivity contribution in [1.82, 2.24) is 0 Å². The summed E-state index contributed by atoms with van der Waals surface area (Å²) in [6.07, 6.45) is 4.50. The van der Waals surface area contributed by atoms with Gasteiger partial charge in [-0.2, -0.15) is 0 Å². The summed E-state index contributed by atoms with van der Waals surface area (Å²) in [6.45, 7) is 6.47. The molecule has 0 spiro atoms. The summed E-state index contributed by atoms with van der Waals surface area (Å²) in [4.78, 5) is 0. The van der Waals surface area contributed by atoms with Crippen LogP contribution in [-0.2, 0) is 0 Å². The molecule has 0 aliphatic heterocycles. The normalized spacial score (nSPS) is 38.5. The third-order valence-electron chi connectivity index (χ3n) is 3.28. The zero-order valence-corrected chi connectivity index (χ0v) is 7.93. The molecule has 0 aromatic carbocycles. The van der Waals surface area contributed by atoms with E-state index in [2.05, 4.69) is 20.8 Å². The zero-order chi connectivity index (χ0) is 8.48. The SMILES string of the molecule is CCC1CCC(O)(C(C)C)C1. The summed E-state index contributed by atoms with van der Waals surface area (Å²) in [5, 5.41) is 10.1. The maximum Gasteiger partial charge on any atom is 0.0673 e. The van der Waals surface area contributed by atoms with E-state index >= 15 is 0 Å². The predicted molar refractivity (Wildman–Crippen MR) is 47.4 cm³/mol. The van der Waals surface area contributed by atoms with Crippen molar-refractivity contribution in [2.75, 3.05) is 0 Å². The van der Waals surface area contributed by atoms with Crippen LogP contribution in [0, 0.1) is 11.8 Å². The fourth-order valence-corrected chi connectivity index (χ4v) is 2.03. The molecule has 0 amide bonds. The Morgan fingerprint density at radius 2 is 2.18 bits per heavy atom. The van der Waals surface area contributed by atoms with Crippen LogP contribution in [0.4, 0.5) is 0 Å². The maximum absolute atomic E-state index is 10.1. The highest BCUT2D eigenvalue weighted by atomic mass is 16.3. The average molecular weight is 156 g/mol. The molecule has 0 aromatic rings. The van der Waals surface area contributed by atoms with Gasteiger partial charge in [-0.15, -0.1) is 0 Å². The van der Waals surface area contributed by atoms with Crippen molar-refractivity contribution >= 4 is 0 Å². The first-order chi connectivity index (χ1) is 5.08. The third kappa shape index (κ3) is 1.76. The van der Waals surface area contributed by atoms with Gasteiger partial charge in [-0.25, -0.2) is 0 Å². The molecule has 0 radical (unpaired) electrons. The van der Waals surface area contributed by atoms with Crippen LogP contribution < -0.4 is 0 Å². The van der Waals surface area contributed by atoms with E-state index in [0.717, 1.165) is 18.8 Å². The van der Waals surface area contributed by atoms with Gasteiger partial charge >= 0.3 is 0 Å². The maximum atomic E-state index is 10.1. The first kappa shape index (κ1) is 9.05. The van der Waals surface area contributed by atoms with Crippen molar-refractivity contribution in [2.45, 2.75) is 52.1 Å². The van der Waals surface area contributed by atoms with Gasteiger partial charge in [-0.05, 0) is 31.1 Å². The van der Waals surface area contributed by atoms with Gasteiger partial charge in [0.1, 0.15) is 0 Å². The molecule has 0 aromatic heterocycles. The molecule has 1 nitrogen and oxygen atoms in total. The Morgan fingerprint density at radius 1 is 1.55 bits per heavy atom. The molecular weight excluding hydrogens is 136 g/mol. The lowest BCUT2D eigenvalue weighted by atomic mass is 9.87. The molecular formula is C10H20O. The smallest absolute Gasteiger partial charge is 0.0673 e. The number of hydrogen-bond donors (Lipinski definition) is 1. The van der Waals surface area contributed by atoms with Crippen LogP contribution in [0.25, 0.3) is 0 Å². The second-order valence-electron chi connectivity index (χ2n) is 4.28. The van der Waals surface area contributed by atoms with Crippen molar-refractivity contribution in [3.05, 3.63) is 0 Å². The van der Waals surface area contributed by atoms with Crippen LogP contribution in [0.2, 0.25) is 0 Å². The fraction of sp³-hybridized carbons (Fsp3) is 1.00. The Morgan fingerprint density at radius 3 is 2.45 bits per heavy atom. The van der Waals surface area contributed by atoms with Crippen molar-refractivity contribution < 1.29 is 5.11 Å². The molecule has 1 fully saturated rings. The topological polar surface area (TPSA) is 20.2 Å². The molecule has 2 unspecified atom stereocenters. The summed E-state index contributed by atoms with van der Waals surface area (Å²) >= 11 is 0. The van der Waals surface area contributed by atoms with Crippen molar-refractivity contribution in [2.24, 2.45) is 11.8 Å². The first-order valence-corrected chi connectivity index (χ1v) is 4.81. The highest BCUT2D eigenvalue weighted by Gasteiger charge is 2.38. The van der Waals surface area contributed by atoms with E-state index in [1.165, 1.54) is 12.8 Å². The Bertz CT molecular complexity index is 131. The second-order valence-corrected chi connectivity index (χ2v) is 4.28. The summed E-state index contributed by atoms with van der Waals surface area (Å²) in [5.41, 5.74) is -0.333. The van der Waals surface area contributed by atoms with Crippen LogP contribution >= 0.6 is 0 Å². The van der Waals surface area contributed by atoms with Crippen LogP contribution in [0.1, 0.15) is 46.5 Å². The summed E-state index contributed by atoms with van der Waals surface area (Å²) in [5.74, 6) is 1.21. The molecule has 1 rings (SSSR count). The quantitative estimate of drug-likeness (QED) is 0.651. The van der Waals surface area contributed by atoms with Crippen molar-refractivity contribution in [1.29, 1.82) is 0 Å². The second kappa shape index (κ2) is 3.14. The van der Waals surface area contributed by atoms with Crippen molar-refractivity contribution in [3.63, 3.8) is 0 Å². The summed E-state index contributed by atoms with van der Waals surface area (Å²) in [6, 6.07) is 0. The predicted octanol–water partition coefficient (Wildman–Crippen LogP) is 2.58. The zero-order valence-electron chi connectivity index (χ0n) is 7.93. The Balaban J connectivity index is 2.50. The third-order valence-corrected chi connectivity index (χ3v) is 3.28. The fourth-order valence-electron chi connectivity index (χ4n) is 2.03. The van der Waals surface area contributed by atoms with Crippen LogP contribution in [0.3, 0.4) is 0 Å². The van der Waals surface area contributed by atoms with Crippen LogP contribution in [0.5, 0.6) is 0 Å². The molecule has 1 saturated carbocycles. The lowest BCUT2D eigenvalue weighted by Crippen LogP contribution is -2.31. The lowest BCUT2D eigenvalue weighted by Gasteiger charge is -2.27. The molecule has 1 aliphatic rings.